The highest BCUT2D eigenvalue weighted by atomic mass is 35.5. The van der Waals surface area contributed by atoms with Crippen molar-refractivity contribution in [3.05, 3.63) is 35.4 Å². The summed E-state index contributed by atoms with van der Waals surface area (Å²) >= 11 is 5.72. The number of carbonyl (C=O) groups is 1. The van der Waals surface area contributed by atoms with Crippen LogP contribution in [-0.2, 0) is 15.7 Å². The Balaban J connectivity index is 2.21. The zero-order valence-electron chi connectivity index (χ0n) is 11.5. The van der Waals surface area contributed by atoms with Crippen molar-refractivity contribution in [3.63, 3.8) is 0 Å². The molecule has 0 spiro atoms. The maximum atomic E-state index is 12.5. The number of nitrogens with zero attached hydrogens (tertiary/aromatic N) is 1. The smallest absolute Gasteiger partial charge is 0.254 e. The van der Waals surface area contributed by atoms with Gasteiger partial charge in [-0.2, -0.15) is 0 Å². The normalized spacial score (nSPS) is 19.9. The van der Waals surface area contributed by atoms with Crippen LogP contribution < -0.4 is 0 Å². The molecule has 6 heteroatoms. The summed E-state index contributed by atoms with van der Waals surface area (Å²) in [6.07, 6.45) is 5.76. The number of amides is 1. The van der Waals surface area contributed by atoms with E-state index in [9.17, 15) is 13.2 Å². The maximum Gasteiger partial charge on any atom is 0.254 e. The third kappa shape index (κ3) is 3.78. The molecule has 0 saturated carbocycles. The molecule has 1 saturated heterocycles. The molecule has 1 aliphatic heterocycles. The quantitative estimate of drug-likeness (QED) is 0.625. The lowest BCUT2D eigenvalue weighted by atomic mass is 10.1. The van der Waals surface area contributed by atoms with Crippen LogP contribution in [-0.4, -0.2) is 43.3 Å². The van der Waals surface area contributed by atoms with Gasteiger partial charge in [0.05, 0.1) is 18.1 Å². The Labute approximate surface area is 130 Å². The van der Waals surface area contributed by atoms with Crippen molar-refractivity contribution in [1.82, 2.24) is 4.90 Å². The lowest BCUT2D eigenvalue weighted by molar-refractivity contribution is 0.0724. The second-order valence-electron chi connectivity index (χ2n) is 5.02. The topological polar surface area (TPSA) is 54.5 Å². The highest BCUT2D eigenvalue weighted by Crippen LogP contribution is 2.20. The summed E-state index contributed by atoms with van der Waals surface area (Å²) in [6, 6.07) is 6.59. The van der Waals surface area contributed by atoms with Gasteiger partial charge in [-0.3, -0.25) is 4.79 Å². The number of sulfone groups is 1. The maximum absolute atomic E-state index is 12.5. The molecule has 0 aliphatic carbocycles. The van der Waals surface area contributed by atoms with Gasteiger partial charge in [0.15, 0.2) is 9.84 Å². The highest BCUT2D eigenvalue weighted by Gasteiger charge is 2.34. The van der Waals surface area contributed by atoms with Crippen molar-refractivity contribution < 1.29 is 13.2 Å². The van der Waals surface area contributed by atoms with Gasteiger partial charge in [-0.1, -0.05) is 18.1 Å². The van der Waals surface area contributed by atoms with Crippen LogP contribution in [0, 0.1) is 12.3 Å². The molecule has 1 heterocycles. The van der Waals surface area contributed by atoms with Crippen LogP contribution >= 0.6 is 11.6 Å². The Kier molecular flexibility index (Phi) is 4.92. The van der Waals surface area contributed by atoms with Crippen molar-refractivity contribution in [1.29, 1.82) is 0 Å². The molecular formula is C15H16ClNO3S. The molecule has 1 unspecified atom stereocenters. The van der Waals surface area contributed by atoms with E-state index in [0.29, 0.717) is 17.9 Å². The summed E-state index contributed by atoms with van der Waals surface area (Å²) in [5.74, 6) is 2.67. The molecule has 0 aromatic heterocycles. The van der Waals surface area contributed by atoms with E-state index in [1.807, 2.05) is 0 Å². The first-order valence-electron chi connectivity index (χ1n) is 6.56. The molecular weight excluding hydrogens is 310 g/mol. The standard InChI is InChI=1S/C15H16ClNO3S/c1-2-8-17(14-7-9-21(19,20)11-14)15(18)13-5-3-12(10-16)4-6-13/h1,3-6,14H,7-11H2. The molecule has 1 fully saturated rings. The summed E-state index contributed by atoms with van der Waals surface area (Å²) in [6.45, 7) is 0.107. The second-order valence-corrected chi connectivity index (χ2v) is 7.52. The molecule has 1 aromatic rings. The number of halogens is 1. The van der Waals surface area contributed by atoms with Gasteiger partial charge in [0, 0.05) is 17.5 Å². The van der Waals surface area contributed by atoms with Crippen molar-refractivity contribution in [2.24, 2.45) is 0 Å². The molecule has 21 heavy (non-hydrogen) atoms. The Hall–Kier alpha value is -1.51. The number of carbonyl (C=O) groups excluding carboxylic acids is 1. The minimum absolute atomic E-state index is 0.0137. The van der Waals surface area contributed by atoms with E-state index < -0.39 is 9.84 Å². The van der Waals surface area contributed by atoms with E-state index >= 15 is 0 Å². The number of benzene rings is 1. The van der Waals surface area contributed by atoms with Crippen LogP contribution in [0.25, 0.3) is 0 Å². The molecule has 0 bridgehead atoms. The lowest BCUT2D eigenvalue weighted by Gasteiger charge is -2.26. The Morgan fingerprint density at radius 3 is 2.52 bits per heavy atom. The molecule has 0 N–H and O–H groups in total. The molecule has 1 amide bonds. The zero-order valence-corrected chi connectivity index (χ0v) is 13.0. The minimum Gasteiger partial charge on any atom is -0.323 e. The Morgan fingerprint density at radius 1 is 1.38 bits per heavy atom. The molecule has 0 radical (unpaired) electrons. The van der Waals surface area contributed by atoms with E-state index in [0.717, 1.165) is 5.56 Å². The monoisotopic (exact) mass is 325 g/mol. The fourth-order valence-electron chi connectivity index (χ4n) is 2.39. The predicted molar refractivity (Wildman–Crippen MR) is 82.9 cm³/mol. The van der Waals surface area contributed by atoms with Crippen molar-refractivity contribution in [2.45, 2.75) is 18.3 Å². The molecule has 1 aromatic carbocycles. The van der Waals surface area contributed by atoms with Crippen molar-refractivity contribution >= 4 is 27.3 Å². The van der Waals surface area contributed by atoms with Crippen molar-refractivity contribution in [2.75, 3.05) is 18.1 Å². The van der Waals surface area contributed by atoms with Gasteiger partial charge < -0.3 is 4.90 Å². The lowest BCUT2D eigenvalue weighted by Crippen LogP contribution is -2.41. The molecule has 4 nitrogen and oxygen atoms in total. The van der Waals surface area contributed by atoms with E-state index in [1.165, 1.54) is 4.90 Å². The van der Waals surface area contributed by atoms with Gasteiger partial charge in [0.2, 0.25) is 0 Å². The predicted octanol–water partition coefficient (Wildman–Crippen LogP) is 1.69. The Bertz CT molecular complexity index is 661. The first-order valence-corrected chi connectivity index (χ1v) is 8.92. The van der Waals surface area contributed by atoms with E-state index in [-0.39, 0.29) is 30.0 Å². The van der Waals surface area contributed by atoms with Crippen LogP contribution in [0.3, 0.4) is 0 Å². The third-order valence-electron chi connectivity index (χ3n) is 3.53. The van der Waals surface area contributed by atoms with Crippen LogP contribution in [0.1, 0.15) is 22.3 Å². The summed E-state index contributed by atoms with van der Waals surface area (Å²) in [5.41, 5.74) is 1.41. The zero-order chi connectivity index (χ0) is 15.5. The number of rotatable bonds is 4. The average Bonchev–Trinajstić information content (AvgIpc) is 2.84. The van der Waals surface area contributed by atoms with Crippen LogP contribution in [0.2, 0.25) is 0 Å². The van der Waals surface area contributed by atoms with Gasteiger partial charge in [-0.25, -0.2) is 8.42 Å². The molecule has 1 aliphatic rings. The minimum atomic E-state index is -3.07. The third-order valence-corrected chi connectivity index (χ3v) is 5.59. The van der Waals surface area contributed by atoms with Gasteiger partial charge in [0.1, 0.15) is 0 Å². The number of hydrogen-bond acceptors (Lipinski definition) is 3. The summed E-state index contributed by atoms with van der Waals surface area (Å²) in [7, 11) is -3.07. The number of hydrogen-bond donors (Lipinski definition) is 0. The fraction of sp³-hybridized carbons (Fsp3) is 0.400. The van der Waals surface area contributed by atoms with Gasteiger partial charge in [-0.15, -0.1) is 18.0 Å². The summed E-state index contributed by atoms with van der Waals surface area (Å²) < 4.78 is 23.2. The fourth-order valence-corrected chi connectivity index (χ4v) is 4.30. The molecule has 2 rings (SSSR count). The number of alkyl halides is 1. The first kappa shape index (κ1) is 15.9. The van der Waals surface area contributed by atoms with E-state index in [4.69, 9.17) is 18.0 Å². The van der Waals surface area contributed by atoms with Gasteiger partial charge in [-0.05, 0) is 24.1 Å². The first-order chi connectivity index (χ1) is 9.96. The van der Waals surface area contributed by atoms with E-state index in [1.54, 1.807) is 24.3 Å². The van der Waals surface area contributed by atoms with Gasteiger partial charge >= 0.3 is 0 Å². The average molecular weight is 326 g/mol. The molecule has 112 valence electrons. The van der Waals surface area contributed by atoms with Gasteiger partial charge in [0.25, 0.3) is 5.91 Å². The largest absolute Gasteiger partial charge is 0.323 e. The van der Waals surface area contributed by atoms with Crippen molar-refractivity contribution in [3.8, 4) is 12.3 Å². The highest BCUT2D eigenvalue weighted by molar-refractivity contribution is 7.91. The van der Waals surface area contributed by atoms with Crippen LogP contribution in [0.5, 0.6) is 0 Å². The molecule has 1 atom stereocenters. The SMILES string of the molecule is C#CCN(C(=O)c1ccc(CCl)cc1)C1CCS(=O)(=O)C1. The number of terminal acetylenes is 1. The Morgan fingerprint density at radius 2 is 2.05 bits per heavy atom. The van der Waals surface area contributed by atoms with Crippen LogP contribution in [0.15, 0.2) is 24.3 Å². The summed E-state index contributed by atoms with van der Waals surface area (Å²) in [4.78, 5) is 14.0. The van der Waals surface area contributed by atoms with Crippen LogP contribution in [0.4, 0.5) is 0 Å². The second kappa shape index (κ2) is 6.50. The summed E-state index contributed by atoms with van der Waals surface area (Å²) in [5, 5.41) is 0. The van der Waals surface area contributed by atoms with E-state index in [2.05, 4.69) is 5.92 Å².